The van der Waals surface area contributed by atoms with E-state index < -0.39 is 0 Å². The second-order valence-electron chi connectivity index (χ2n) is 9.53. The summed E-state index contributed by atoms with van der Waals surface area (Å²) in [6.45, 7) is 0. The minimum atomic E-state index is 0.709. The van der Waals surface area contributed by atoms with Gasteiger partial charge in [0.1, 0.15) is 0 Å². The lowest BCUT2D eigenvalue weighted by Crippen LogP contribution is -1.93. The molecule has 0 amide bonds. The van der Waals surface area contributed by atoms with E-state index in [1.54, 1.807) is 0 Å². The maximum absolute atomic E-state index is 6.74. The molecule has 3 heteroatoms. The van der Waals surface area contributed by atoms with E-state index in [1.807, 2.05) is 17.4 Å². The van der Waals surface area contributed by atoms with Gasteiger partial charge in [0, 0.05) is 15.5 Å². The molecular weight excluding hydrogens is 490 g/mol. The summed E-state index contributed by atoms with van der Waals surface area (Å²) in [5.41, 5.74) is 9.61. The van der Waals surface area contributed by atoms with Gasteiger partial charge in [-0.2, -0.15) is 0 Å². The average Bonchev–Trinajstić information content (AvgIpc) is 3.48. The van der Waals surface area contributed by atoms with Crippen LogP contribution in [-0.4, -0.2) is 0 Å². The van der Waals surface area contributed by atoms with E-state index in [1.165, 1.54) is 58.8 Å². The number of rotatable bonds is 3. The third-order valence-electron chi connectivity index (χ3n) is 7.50. The van der Waals surface area contributed by atoms with E-state index in [-0.39, 0.29) is 0 Å². The monoisotopic (exact) mass is 509 g/mol. The van der Waals surface area contributed by atoms with Crippen LogP contribution in [0.5, 0.6) is 0 Å². The van der Waals surface area contributed by atoms with Gasteiger partial charge in [-0.1, -0.05) is 103 Å². The molecule has 1 aliphatic rings. The number of halogens is 1. The van der Waals surface area contributed by atoms with Gasteiger partial charge in [0.15, 0.2) is 0 Å². The molecule has 7 aromatic rings. The molecular formula is C34H20ClNS. The molecule has 0 spiro atoms. The summed E-state index contributed by atoms with van der Waals surface area (Å²) in [6, 6.07) is 41.2. The third-order valence-corrected chi connectivity index (χ3v) is 9.05. The fraction of sp³-hybridized carbons (Fsp3) is 0. The Balaban J connectivity index is 1.27. The lowest BCUT2D eigenvalue weighted by molar-refractivity contribution is 1.58. The predicted octanol–water partition coefficient (Wildman–Crippen LogP) is 10.9. The summed E-state index contributed by atoms with van der Waals surface area (Å²) < 4.78 is 2.54. The minimum Gasteiger partial charge on any atom is -0.353 e. The smallest absolute Gasteiger partial charge is 0.0641 e. The van der Waals surface area contributed by atoms with Crippen molar-refractivity contribution in [2.45, 2.75) is 0 Å². The molecule has 0 saturated heterocycles. The molecule has 37 heavy (non-hydrogen) atoms. The Hall–Kier alpha value is -4.11. The van der Waals surface area contributed by atoms with Crippen molar-refractivity contribution in [2.75, 3.05) is 5.32 Å². The predicted molar refractivity (Wildman–Crippen MR) is 161 cm³/mol. The Bertz CT molecular complexity index is 2010. The molecule has 1 heterocycles. The second-order valence-corrected chi connectivity index (χ2v) is 11.0. The first-order chi connectivity index (χ1) is 18.3. The van der Waals surface area contributed by atoms with E-state index in [0.29, 0.717) is 5.02 Å². The van der Waals surface area contributed by atoms with Gasteiger partial charge >= 0.3 is 0 Å². The standard InChI is InChI=1S/C34H20ClNS/c35-29-18-15-20(19-31(29)36-30-13-6-12-28-24-9-3-4-14-32(24)37-34(28)30)21-16-17-27-23-8-2-1-7-22(23)26-11-5-10-25(21)33(26)27/h1-19,36H. The maximum Gasteiger partial charge on any atom is 0.0641 e. The molecule has 174 valence electrons. The van der Waals surface area contributed by atoms with Gasteiger partial charge in [0.2, 0.25) is 0 Å². The van der Waals surface area contributed by atoms with Crippen LogP contribution in [0.4, 0.5) is 11.4 Å². The molecule has 0 aliphatic heterocycles. The van der Waals surface area contributed by atoms with Gasteiger partial charge in [0.25, 0.3) is 0 Å². The van der Waals surface area contributed by atoms with Crippen molar-refractivity contribution in [3.63, 3.8) is 0 Å². The van der Waals surface area contributed by atoms with Crippen molar-refractivity contribution in [1.82, 2.24) is 0 Å². The zero-order valence-electron chi connectivity index (χ0n) is 19.8. The van der Waals surface area contributed by atoms with Crippen LogP contribution in [0.2, 0.25) is 5.02 Å². The van der Waals surface area contributed by atoms with Gasteiger partial charge in [0.05, 0.1) is 21.1 Å². The van der Waals surface area contributed by atoms with Crippen molar-refractivity contribution in [1.29, 1.82) is 0 Å². The van der Waals surface area contributed by atoms with Crippen LogP contribution < -0.4 is 5.32 Å². The highest BCUT2D eigenvalue weighted by atomic mass is 35.5. The SMILES string of the molecule is Clc1ccc(-c2ccc3c4c(cccc24)-c2ccccc2-3)cc1Nc1cccc2c1sc1ccccc12. The Labute approximate surface area is 223 Å². The number of thiophene rings is 1. The first-order valence-electron chi connectivity index (χ1n) is 12.4. The summed E-state index contributed by atoms with van der Waals surface area (Å²) in [6.07, 6.45) is 0. The van der Waals surface area contributed by atoms with Gasteiger partial charge in [-0.3, -0.25) is 0 Å². The quantitative estimate of drug-likeness (QED) is 0.249. The van der Waals surface area contributed by atoms with Crippen molar-refractivity contribution >= 4 is 65.3 Å². The first kappa shape index (κ1) is 21.0. The molecule has 0 fully saturated rings. The van der Waals surface area contributed by atoms with Crippen molar-refractivity contribution in [3.05, 3.63) is 120 Å². The number of hydrogen-bond acceptors (Lipinski definition) is 2. The number of benzene rings is 6. The Morgan fingerprint density at radius 1 is 0.514 bits per heavy atom. The minimum absolute atomic E-state index is 0.709. The molecule has 0 atom stereocenters. The van der Waals surface area contributed by atoms with Crippen molar-refractivity contribution in [3.8, 4) is 33.4 Å². The van der Waals surface area contributed by atoms with E-state index in [2.05, 4.69) is 115 Å². The number of nitrogens with one attached hydrogen (secondary N) is 1. The fourth-order valence-electron chi connectivity index (χ4n) is 5.84. The average molecular weight is 510 g/mol. The van der Waals surface area contributed by atoms with Crippen molar-refractivity contribution < 1.29 is 0 Å². The topological polar surface area (TPSA) is 12.0 Å². The zero-order valence-corrected chi connectivity index (χ0v) is 21.3. The highest BCUT2D eigenvalue weighted by Gasteiger charge is 2.22. The molecule has 1 aliphatic carbocycles. The first-order valence-corrected chi connectivity index (χ1v) is 13.6. The lowest BCUT2D eigenvalue weighted by Gasteiger charge is -2.14. The molecule has 1 N–H and O–H groups in total. The van der Waals surface area contributed by atoms with Crippen LogP contribution >= 0.6 is 22.9 Å². The Kier molecular flexibility index (Phi) is 4.51. The van der Waals surface area contributed by atoms with Gasteiger partial charge in [-0.15, -0.1) is 11.3 Å². The van der Waals surface area contributed by atoms with Gasteiger partial charge < -0.3 is 5.32 Å². The third kappa shape index (κ3) is 3.10. The summed E-state index contributed by atoms with van der Waals surface area (Å²) in [7, 11) is 0. The van der Waals surface area contributed by atoms with E-state index in [4.69, 9.17) is 11.6 Å². The van der Waals surface area contributed by atoms with Crippen LogP contribution in [0.3, 0.4) is 0 Å². The molecule has 0 radical (unpaired) electrons. The van der Waals surface area contributed by atoms with E-state index in [0.717, 1.165) is 16.9 Å². The zero-order chi connectivity index (χ0) is 24.5. The van der Waals surface area contributed by atoms with Crippen LogP contribution in [0, 0.1) is 0 Å². The van der Waals surface area contributed by atoms with Gasteiger partial charge in [-0.05, 0) is 68.4 Å². The van der Waals surface area contributed by atoms with E-state index >= 15 is 0 Å². The Morgan fingerprint density at radius 2 is 1.19 bits per heavy atom. The molecule has 0 saturated carbocycles. The number of fused-ring (bicyclic) bond motifs is 6. The molecule has 8 rings (SSSR count). The Morgan fingerprint density at radius 3 is 2.08 bits per heavy atom. The van der Waals surface area contributed by atoms with Crippen LogP contribution in [0.15, 0.2) is 115 Å². The molecule has 0 bridgehead atoms. The fourth-order valence-corrected chi connectivity index (χ4v) is 7.18. The van der Waals surface area contributed by atoms with Crippen LogP contribution in [0.25, 0.3) is 64.3 Å². The normalized spacial score (nSPS) is 11.9. The number of anilines is 2. The summed E-state index contributed by atoms with van der Waals surface area (Å²) >= 11 is 8.56. The summed E-state index contributed by atoms with van der Waals surface area (Å²) in [5, 5.41) is 9.53. The lowest BCUT2D eigenvalue weighted by atomic mass is 9.94. The molecule has 1 aromatic heterocycles. The summed E-state index contributed by atoms with van der Waals surface area (Å²) in [5.74, 6) is 0. The summed E-state index contributed by atoms with van der Waals surface area (Å²) in [4.78, 5) is 0. The molecule has 0 unspecified atom stereocenters. The van der Waals surface area contributed by atoms with Crippen LogP contribution in [0.1, 0.15) is 0 Å². The number of hydrogen-bond donors (Lipinski definition) is 1. The molecule has 6 aromatic carbocycles. The highest BCUT2D eigenvalue weighted by Crippen LogP contribution is 2.49. The van der Waals surface area contributed by atoms with Crippen molar-refractivity contribution in [2.24, 2.45) is 0 Å². The second kappa shape index (κ2) is 7.94. The van der Waals surface area contributed by atoms with E-state index in [9.17, 15) is 0 Å². The molecule has 1 nitrogen and oxygen atoms in total. The largest absolute Gasteiger partial charge is 0.353 e. The highest BCUT2D eigenvalue weighted by molar-refractivity contribution is 7.26. The van der Waals surface area contributed by atoms with Crippen LogP contribution in [-0.2, 0) is 0 Å². The maximum atomic E-state index is 6.74. The van der Waals surface area contributed by atoms with Gasteiger partial charge in [-0.25, -0.2) is 0 Å².